The second-order valence-corrected chi connectivity index (χ2v) is 12.0. The molecule has 0 spiro atoms. The molecule has 236 valence electrons. The Bertz CT molecular complexity index is 1410. The minimum Gasteiger partial charge on any atom is -0.356 e. The number of nitrogens with one attached hydrogen (secondary N) is 4. The zero-order valence-electron chi connectivity index (χ0n) is 25.9. The fourth-order valence-electron chi connectivity index (χ4n) is 6.69. The third kappa shape index (κ3) is 7.78. The molecule has 0 radical (unpaired) electrons. The van der Waals surface area contributed by atoms with Crippen molar-refractivity contribution >= 4 is 23.6 Å². The van der Waals surface area contributed by atoms with Crippen LogP contribution >= 0.6 is 0 Å². The standard InChI is InChI=1S/C36H43N5O4/c1-24(42)38-23-28-18-19-29-20-21-31(35(44)39-32(26-14-8-4-9-15-26)27-16-10-5-11-17-27)41(29)36(45)33(28)40-34(43)30(37-2)22-25-12-6-3-7-13-25/h3-17,28-33,37H,18-23H2,1-2H3,(H,38,42)(H,39,44)(H,40,43)/t28-,29+,30-,31+,33+/m1/s1. The summed E-state index contributed by atoms with van der Waals surface area (Å²) in [6, 6.07) is 26.7. The number of benzene rings is 3. The van der Waals surface area contributed by atoms with Crippen LogP contribution in [0.3, 0.4) is 0 Å². The topological polar surface area (TPSA) is 120 Å². The van der Waals surface area contributed by atoms with E-state index in [1.54, 1.807) is 11.9 Å². The predicted octanol–water partition coefficient (Wildman–Crippen LogP) is 3.11. The Balaban J connectivity index is 1.38. The Morgan fingerprint density at radius 1 is 0.822 bits per heavy atom. The van der Waals surface area contributed by atoms with E-state index in [-0.39, 0.29) is 48.2 Å². The van der Waals surface area contributed by atoms with Crippen molar-refractivity contribution in [1.82, 2.24) is 26.2 Å². The van der Waals surface area contributed by atoms with Crippen molar-refractivity contribution in [3.8, 4) is 0 Å². The van der Waals surface area contributed by atoms with E-state index in [4.69, 9.17) is 0 Å². The zero-order chi connectivity index (χ0) is 31.8. The molecule has 3 aromatic rings. The quantitative estimate of drug-likeness (QED) is 0.267. The largest absolute Gasteiger partial charge is 0.356 e. The fourth-order valence-corrected chi connectivity index (χ4v) is 6.69. The van der Waals surface area contributed by atoms with Gasteiger partial charge in [-0.05, 0) is 55.8 Å². The summed E-state index contributed by atoms with van der Waals surface area (Å²) in [6.07, 6.45) is 3.02. The predicted molar refractivity (Wildman–Crippen MR) is 173 cm³/mol. The van der Waals surface area contributed by atoms with Crippen molar-refractivity contribution in [2.75, 3.05) is 13.6 Å². The minimum atomic E-state index is -0.881. The maximum atomic E-state index is 14.4. The number of fused-ring (bicyclic) bond motifs is 1. The summed E-state index contributed by atoms with van der Waals surface area (Å²) in [5.41, 5.74) is 2.90. The first kappa shape index (κ1) is 31.9. The number of carbonyl (C=O) groups is 4. The Hall–Kier alpha value is -4.50. The molecule has 0 bridgehead atoms. The van der Waals surface area contributed by atoms with Crippen LogP contribution in [0.5, 0.6) is 0 Å². The second-order valence-electron chi connectivity index (χ2n) is 12.0. The molecule has 2 aliphatic heterocycles. The van der Waals surface area contributed by atoms with Crippen LogP contribution in [-0.2, 0) is 25.6 Å². The molecule has 0 unspecified atom stereocenters. The molecular weight excluding hydrogens is 566 g/mol. The van der Waals surface area contributed by atoms with Crippen LogP contribution in [0, 0.1) is 5.92 Å². The van der Waals surface area contributed by atoms with Crippen molar-refractivity contribution in [3.05, 3.63) is 108 Å². The smallest absolute Gasteiger partial charge is 0.246 e. The van der Waals surface area contributed by atoms with Gasteiger partial charge in [-0.15, -0.1) is 0 Å². The van der Waals surface area contributed by atoms with Gasteiger partial charge >= 0.3 is 0 Å². The van der Waals surface area contributed by atoms with Gasteiger partial charge in [0.05, 0.1) is 12.1 Å². The molecule has 9 heteroatoms. The van der Waals surface area contributed by atoms with E-state index in [2.05, 4.69) is 21.3 Å². The zero-order valence-corrected chi connectivity index (χ0v) is 25.9. The van der Waals surface area contributed by atoms with Gasteiger partial charge in [-0.3, -0.25) is 19.2 Å². The van der Waals surface area contributed by atoms with Crippen LogP contribution in [0.15, 0.2) is 91.0 Å². The third-order valence-corrected chi connectivity index (χ3v) is 9.08. The lowest BCUT2D eigenvalue weighted by Crippen LogP contribution is -2.59. The van der Waals surface area contributed by atoms with Crippen LogP contribution in [0.4, 0.5) is 0 Å². The van der Waals surface area contributed by atoms with Crippen molar-refractivity contribution in [1.29, 1.82) is 0 Å². The van der Waals surface area contributed by atoms with Gasteiger partial charge in [0.25, 0.3) is 0 Å². The van der Waals surface area contributed by atoms with Crippen molar-refractivity contribution in [2.45, 2.75) is 69.2 Å². The van der Waals surface area contributed by atoms with Crippen molar-refractivity contribution < 1.29 is 19.2 Å². The van der Waals surface area contributed by atoms with Crippen LogP contribution < -0.4 is 21.3 Å². The normalized spacial score (nSPS) is 21.8. The molecule has 5 rings (SSSR count). The number of rotatable bonds is 11. The molecule has 0 aromatic heterocycles. The van der Waals surface area contributed by atoms with E-state index in [1.165, 1.54) is 6.92 Å². The summed E-state index contributed by atoms with van der Waals surface area (Å²) in [4.78, 5) is 55.7. The number of hydrogen-bond donors (Lipinski definition) is 4. The van der Waals surface area contributed by atoms with Crippen LogP contribution in [0.2, 0.25) is 0 Å². The maximum absolute atomic E-state index is 14.4. The molecule has 9 nitrogen and oxygen atoms in total. The van der Waals surface area contributed by atoms with Crippen molar-refractivity contribution in [3.63, 3.8) is 0 Å². The molecular formula is C36H43N5O4. The lowest BCUT2D eigenvalue weighted by atomic mass is 9.92. The highest BCUT2D eigenvalue weighted by molar-refractivity contribution is 5.94. The average molecular weight is 610 g/mol. The lowest BCUT2D eigenvalue weighted by molar-refractivity contribution is -0.143. The number of carbonyl (C=O) groups excluding carboxylic acids is 4. The first-order chi connectivity index (χ1) is 21.9. The van der Waals surface area contributed by atoms with Gasteiger partial charge in [-0.1, -0.05) is 91.0 Å². The van der Waals surface area contributed by atoms with Gasteiger partial charge in [0.2, 0.25) is 23.6 Å². The summed E-state index contributed by atoms with van der Waals surface area (Å²) in [5.74, 6) is -1.29. The number of hydrogen-bond acceptors (Lipinski definition) is 5. The van der Waals surface area contributed by atoms with E-state index in [0.29, 0.717) is 32.1 Å². The van der Waals surface area contributed by atoms with Crippen LogP contribution in [0.25, 0.3) is 0 Å². The Morgan fingerprint density at radius 2 is 1.40 bits per heavy atom. The molecule has 45 heavy (non-hydrogen) atoms. The summed E-state index contributed by atoms with van der Waals surface area (Å²) in [6.45, 7) is 1.70. The molecule has 2 fully saturated rings. The van der Waals surface area contributed by atoms with Crippen LogP contribution in [0.1, 0.15) is 55.3 Å². The maximum Gasteiger partial charge on any atom is 0.246 e. The van der Waals surface area contributed by atoms with Gasteiger partial charge in [0, 0.05) is 25.4 Å². The average Bonchev–Trinajstić information content (AvgIpc) is 3.45. The van der Waals surface area contributed by atoms with Gasteiger partial charge in [-0.25, -0.2) is 0 Å². The van der Waals surface area contributed by atoms with Gasteiger partial charge in [0.1, 0.15) is 12.1 Å². The highest BCUT2D eigenvalue weighted by Crippen LogP contribution is 2.35. The Labute approximate surface area is 265 Å². The van der Waals surface area contributed by atoms with Gasteiger partial charge in [0.15, 0.2) is 0 Å². The highest BCUT2D eigenvalue weighted by atomic mass is 16.2. The van der Waals surface area contributed by atoms with Gasteiger partial charge < -0.3 is 26.2 Å². The summed E-state index contributed by atoms with van der Waals surface area (Å²) < 4.78 is 0. The summed E-state index contributed by atoms with van der Waals surface area (Å²) in [5, 5.41) is 12.2. The molecule has 2 aliphatic rings. The van der Waals surface area contributed by atoms with E-state index in [0.717, 1.165) is 16.7 Å². The van der Waals surface area contributed by atoms with Crippen LogP contribution in [-0.4, -0.2) is 66.3 Å². The number of nitrogens with zero attached hydrogens (tertiary/aromatic N) is 1. The monoisotopic (exact) mass is 609 g/mol. The second kappa shape index (κ2) is 15.0. The summed E-state index contributed by atoms with van der Waals surface area (Å²) >= 11 is 0. The van der Waals surface area contributed by atoms with E-state index in [9.17, 15) is 19.2 Å². The van der Waals surface area contributed by atoms with Crippen molar-refractivity contribution in [2.24, 2.45) is 5.92 Å². The lowest BCUT2D eigenvalue weighted by Gasteiger charge is -2.33. The summed E-state index contributed by atoms with van der Waals surface area (Å²) in [7, 11) is 1.73. The molecule has 4 N–H and O–H groups in total. The SMILES string of the molecule is CN[C@H](Cc1ccccc1)C(=O)N[C@@H]1C(=O)N2[C@@H](CC[C@@H]1CNC(C)=O)CC[C@H]2C(=O)NC(c1ccccc1)c1ccccc1. The molecule has 2 saturated heterocycles. The Kier molecular flexibility index (Phi) is 10.6. The molecule has 0 aliphatic carbocycles. The van der Waals surface area contributed by atoms with E-state index >= 15 is 0 Å². The molecule has 4 amide bonds. The highest BCUT2D eigenvalue weighted by Gasteiger charge is 2.48. The minimum absolute atomic E-state index is 0.119. The number of likely N-dealkylation sites (N-methyl/N-ethyl adjacent to an activating group) is 1. The molecule has 2 heterocycles. The van der Waals surface area contributed by atoms with Gasteiger partial charge in [-0.2, -0.15) is 0 Å². The first-order valence-electron chi connectivity index (χ1n) is 15.8. The first-order valence-corrected chi connectivity index (χ1v) is 15.8. The molecule has 5 atom stereocenters. The third-order valence-electron chi connectivity index (χ3n) is 9.08. The molecule has 3 aromatic carbocycles. The van der Waals surface area contributed by atoms with E-state index in [1.807, 2.05) is 91.0 Å². The van der Waals surface area contributed by atoms with E-state index < -0.39 is 18.1 Å². The fraction of sp³-hybridized carbons (Fsp3) is 0.389. The molecule has 0 saturated carbocycles. The number of amides is 4. The Morgan fingerprint density at radius 3 is 1.98 bits per heavy atom.